The number of hydrogen-bond donors (Lipinski definition) is 1. The number of likely N-dealkylation sites (N-methyl/N-ethyl adjacent to an activating group) is 1. The van der Waals surface area contributed by atoms with E-state index in [0.29, 0.717) is 0 Å². The molecule has 1 fully saturated rings. The summed E-state index contributed by atoms with van der Waals surface area (Å²) in [6.07, 6.45) is 6.15. The average Bonchev–Trinajstić information content (AvgIpc) is 2.39. The van der Waals surface area contributed by atoms with Gasteiger partial charge in [0, 0.05) is 30.9 Å². The van der Waals surface area contributed by atoms with E-state index in [4.69, 9.17) is 10.5 Å². The Hall–Kier alpha value is -1.22. The van der Waals surface area contributed by atoms with Crippen LogP contribution in [-0.4, -0.2) is 26.2 Å². The molecule has 1 aliphatic carbocycles. The van der Waals surface area contributed by atoms with E-state index < -0.39 is 0 Å². The van der Waals surface area contributed by atoms with Gasteiger partial charge in [-0.05, 0) is 25.0 Å². The Morgan fingerprint density at radius 2 is 2.00 bits per heavy atom. The van der Waals surface area contributed by atoms with Gasteiger partial charge >= 0.3 is 0 Å². The van der Waals surface area contributed by atoms with Crippen LogP contribution in [0.15, 0.2) is 24.3 Å². The van der Waals surface area contributed by atoms with E-state index in [-0.39, 0.29) is 5.54 Å². The summed E-state index contributed by atoms with van der Waals surface area (Å²) < 4.78 is 5.26. The van der Waals surface area contributed by atoms with Gasteiger partial charge in [-0.3, -0.25) is 0 Å². The standard InChI is InChI=1S/C15H24N2O/c1-17(12-15(16)9-4-3-5-10-15)13-7-6-8-14(11-13)18-2/h6-8,11H,3-5,9-10,12,16H2,1-2H3. The van der Waals surface area contributed by atoms with E-state index in [2.05, 4.69) is 24.1 Å². The number of ether oxygens (including phenoxy) is 1. The van der Waals surface area contributed by atoms with Crippen LogP contribution in [-0.2, 0) is 0 Å². The monoisotopic (exact) mass is 248 g/mol. The Balaban J connectivity index is 2.03. The molecule has 2 N–H and O–H groups in total. The second-order valence-electron chi connectivity index (χ2n) is 5.48. The highest BCUT2D eigenvalue weighted by molar-refractivity contribution is 5.50. The molecule has 0 aliphatic heterocycles. The Morgan fingerprint density at radius 3 is 2.67 bits per heavy atom. The number of nitrogens with two attached hydrogens (primary N) is 1. The number of nitrogens with zero attached hydrogens (tertiary/aromatic N) is 1. The summed E-state index contributed by atoms with van der Waals surface area (Å²) in [7, 11) is 3.81. The second-order valence-corrected chi connectivity index (χ2v) is 5.48. The molecule has 3 heteroatoms. The van der Waals surface area contributed by atoms with Crippen molar-refractivity contribution in [1.82, 2.24) is 0 Å². The topological polar surface area (TPSA) is 38.5 Å². The summed E-state index contributed by atoms with van der Waals surface area (Å²) >= 11 is 0. The van der Waals surface area contributed by atoms with Crippen molar-refractivity contribution in [1.29, 1.82) is 0 Å². The van der Waals surface area contributed by atoms with Crippen molar-refractivity contribution >= 4 is 5.69 Å². The van der Waals surface area contributed by atoms with Crippen LogP contribution in [0.2, 0.25) is 0 Å². The summed E-state index contributed by atoms with van der Waals surface area (Å²) in [5.74, 6) is 0.897. The van der Waals surface area contributed by atoms with E-state index >= 15 is 0 Å². The maximum absolute atomic E-state index is 6.49. The Morgan fingerprint density at radius 1 is 1.28 bits per heavy atom. The van der Waals surface area contributed by atoms with Crippen molar-refractivity contribution in [2.75, 3.05) is 25.6 Å². The third-order valence-corrected chi connectivity index (χ3v) is 3.90. The van der Waals surface area contributed by atoms with Crippen LogP contribution in [0.25, 0.3) is 0 Å². The Kier molecular flexibility index (Phi) is 4.12. The van der Waals surface area contributed by atoms with Gasteiger partial charge in [0.1, 0.15) is 5.75 Å². The molecule has 1 aromatic carbocycles. The molecular formula is C15H24N2O. The van der Waals surface area contributed by atoms with Crippen molar-refractivity contribution in [3.05, 3.63) is 24.3 Å². The van der Waals surface area contributed by atoms with Gasteiger partial charge in [-0.15, -0.1) is 0 Å². The largest absolute Gasteiger partial charge is 0.497 e. The molecule has 100 valence electrons. The lowest BCUT2D eigenvalue weighted by molar-refractivity contribution is 0.301. The number of rotatable bonds is 4. The number of methoxy groups -OCH3 is 1. The van der Waals surface area contributed by atoms with Gasteiger partial charge in [-0.2, -0.15) is 0 Å². The van der Waals surface area contributed by atoms with Crippen molar-refractivity contribution in [2.45, 2.75) is 37.6 Å². The summed E-state index contributed by atoms with van der Waals surface area (Å²) in [5, 5.41) is 0. The summed E-state index contributed by atoms with van der Waals surface area (Å²) in [5.41, 5.74) is 7.65. The van der Waals surface area contributed by atoms with Crippen molar-refractivity contribution < 1.29 is 4.74 Å². The Bertz CT molecular complexity index is 386. The molecule has 0 spiro atoms. The van der Waals surface area contributed by atoms with Crippen LogP contribution >= 0.6 is 0 Å². The van der Waals surface area contributed by atoms with Gasteiger partial charge < -0.3 is 15.4 Å². The molecule has 3 nitrogen and oxygen atoms in total. The molecule has 0 heterocycles. The van der Waals surface area contributed by atoms with Crippen LogP contribution in [0.5, 0.6) is 5.75 Å². The molecule has 0 aromatic heterocycles. The smallest absolute Gasteiger partial charge is 0.120 e. The van der Waals surface area contributed by atoms with Gasteiger partial charge in [-0.25, -0.2) is 0 Å². The van der Waals surface area contributed by atoms with Crippen LogP contribution in [0.3, 0.4) is 0 Å². The lowest BCUT2D eigenvalue weighted by atomic mass is 9.82. The third-order valence-electron chi connectivity index (χ3n) is 3.90. The zero-order valence-electron chi connectivity index (χ0n) is 11.5. The summed E-state index contributed by atoms with van der Waals surface area (Å²) in [6, 6.07) is 8.16. The highest BCUT2D eigenvalue weighted by Gasteiger charge is 2.28. The minimum absolute atomic E-state index is 0.0178. The predicted molar refractivity (Wildman–Crippen MR) is 76.3 cm³/mol. The lowest BCUT2D eigenvalue weighted by Crippen LogP contribution is -2.50. The van der Waals surface area contributed by atoms with E-state index in [1.165, 1.54) is 24.9 Å². The normalized spacial score (nSPS) is 18.4. The molecule has 0 unspecified atom stereocenters. The maximum atomic E-state index is 6.49. The first kappa shape index (κ1) is 13.2. The molecule has 0 amide bonds. The SMILES string of the molecule is COc1cccc(N(C)CC2(N)CCCCC2)c1. The fourth-order valence-corrected chi connectivity index (χ4v) is 2.83. The number of hydrogen-bond acceptors (Lipinski definition) is 3. The summed E-state index contributed by atoms with van der Waals surface area (Å²) in [6.45, 7) is 0.917. The first-order chi connectivity index (χ1) is 8.63. The minimum Gasteiger partial charge on any atom is -0.497 e. The molecule has 0 saturated heterocycles. The lowest BCUT2D eigenvalue weighted by Gasteiger charge is -2.37. The third kappa shape index (κ3) is 3.16. The van der Waals surface area contributed by atoms with E-state index in [0.717, 1.165) is 25.1 Å². The van der Waals surface area contributed by atoms with Gasteiger partial charge in [-0.1, -0.05) is 25.3 Å². The van der Waals surface area contributed by atoms with Crippen LogP contribution < -0.4 is 15.4 Å². The van der Waals surface area contributed by atoms with Crippen molar-refractivity contribution in [2.24, 2.45) is 5.73 Å². The number of benzene rings is 1. The van der Waals surface area contributed by atoms with Crippen LogP contribution in [0, 0.1) is 0 Å². The molecule has 1 aliphatic rings. The Labute approximate surface area is 110 Å². The molecule has 2 rings (SSSR count). The molecule has 0 bridgehead atoms. The van der Waals surface area contributed by atoms with Crippen LogP contribution in [0.4, 0.5) is 5.69 Å². The van der Waals surface area contributed by atoms with Crippen molar-refractivity contribution in [3.8, 4) is 5.75 Å². The molecule has 1 saturated carbocycles. The second kappa shape index (κ2) is 5.61. The molecule has 0 radical (unpaired) electrons. The first-order valence-corrected chi connectivity index (χ1v) is 6.77. The van der Waals surface area contributed by atoms with E-state index in [9.17, 15) is 0 Å². The predicted octanol–water partition coefficient (Wildman–Crippen LogP) is 2.79. The zero-order valence-corrected chi connectivity index (χ0v) is 11.5. The highest BCUT2D eigenvalue weighted by Crippen LogP contribution is 2.28. The van der Waals surface area contributed by atoms with Gasteiger partial charge in [0.15, 0.2) is 0 Å². The van der Waals surface area contributed by atoms with E-state index in [1.807, 2.05) is 12.1 Å². The fraction of sp³-hybridized carbons (Fsp3) is 0.600. The van der Waals surface area contributed by atoms with Gasteiger partial charge in [0.05, 0.1) is 7.11 Å². The molecule has 1 aromatic rings. The van der Waals surface area contributed by atoms with E-state index in [1.54, 1.807) is 7.11 Å². The highest BCUT2D eigenvalue weighted by atomic mass is 16.5. The number of anilines is 1. The maximum Gasteiger partial charge on any atom is 0.120 e. The zero-order chi connectivity index (χ0) is 13.0. The fourth-order valence-electron chi connectivity index (χ4n) is 2.83. The molecular weight excluding hydrogens is 224 g/mol. The molecule has 0 atom stereocenters. The average molecular weight is 248 g/mol. The first-order valence-electron chi connectivity index (χ1n) is 6.77. The molecule has 18 heavy (non-hydrogen) atoms. The quantitative estimate of drug-likeness (QED) is 0.890. The minimum atomic E-state index is -0.0178. The van der Waals surface area contributed by atoms with Gasteiger partial charge in [0.25, 0.3) is 0 Å². The summed E-state index contributed by atoms with van der Waals surface area (Å²) in [4.78, 5) is 2.24. The van der Waals surface area contributed by atoms with Crippen LogP contribution in [0.1, 0.15) is 32.1 Å². The van der Waals surface area contributed by atoms with Gasteiger partial charge in [0.2, 0.25) is 0 Å². The van der Waals surface area contributed by atoms with Crippen molar-refractivity contribution in [3.63, 3.8) is 0 Å².